The van der Waals surface area contributed by atoms with E-state index in [1.54, 1.807) is 0 Å². The van der Waals surface area contributed by atoms with Gasteiger partial charge in [-0.05, 0) is 44.4 Å². The zero-order chi connectivity index (χ0) is 15.1. The fraction of sp³-hybridized carbons (Fsp3) is 0.824. The number of carbonyl (C=O) groups excluding carboxylic acids is 1. The van der Waals surface area contributed by atoms with Crippen molar-refractivity contribution >= 4 is 5.91 Å². The van der Waals surface area contributed by atoms with E-state index in [2.05, 4.69) is 32.3 Å². The summed E-state index contributed by atoms with van der Waals surface area (Å²) in [5.41, 5.74) is 0. The topological polar surface area (TPSA) is 29.5 Å². The molecule has 3 heteroatoms. The highest BCUT2D eigenvalue weighted by molar-refractivity contribution is 5.81. The van der Waals surface area contributed by atoms with Gasteiger partial charge in [0.1, 0.15) is 6.10 Å². The van der Waals surface area contributed by atoms with Crippen LogP contribution in [0.4, 0.5) is 0 Å². The van der Waals surface area contributed by atoms with Crippen LogP contribution in [-0.4, -0.2) is 36.1 Å². The maximum absolute atomic E-state index is 12.6. The predicted molar refractivity (Wildman–Crippen MR) is 83.6 cm³/mol. The first kappa shape index (κ1) is 17.2. The third-order valence-corrected chi connectivity index (χ3v) is 4.31. The summed E-state index contributed by atoms with van der Waals surface area (Å²) >= 11 is 0. The molecule has 3 atom stereocenters. The first-order valence-corrected chi connectivity index (χ1v) is 8.00. The summed E-state index contributed by atoms with van der Waals surface area (Å²) in [5.74, 6) is 1.37. The Balaban J connectivity index is 2.67. The third kappa shape index (κ3) is 4.93. The van der Waals surface area contributed by atoms with Gasteiger partial charge in [0.05, 0.1) is 6.61 Å². The van der Waals surface area contributed by atoms with Gasteiger partial charge in [0.25, 0.3) is 5.91 Å². The molecule has 0 aromatic carbocycles. The quantitative estimate of drug-likeness (QED) is 0.549. The predicted octanol–water partition coefficient (Wildman–Crippen LogP) is 3.64. The molecule has 0 saturated carbocycles. The van der Waals surface area contributed by atoms with Crippen LogP contribution in [0.2, 0.25) is 0 Å². The highest BCUT2D eigenvalue weighted by Gasteiger charge is 2.31. The average molecular weight is 281 g/mol. The lowest BCUT2D eigenvalue weighted by Gasteiger charge is -2.34. The minimum Gasteiger partial charge on any atom is -0.368 e. The fourth-order valence-corrected chi connectivity index (χ4v) is 2.88. The van der Waals surface area contributed by atoms with Crippen LogP contribution in [0.15, 0.2) is 12.7 Å². The van der Waals surface area contributed by atoms with Gasteiger partial charge in [-0.15, -0.1) is 6.58 Å². The Morgan fingerprint density at radius 1 is 1.35 bits per heavy atom. The molecular formula is C17H31NO2. The molecule has 1 aliphatic heterocycles. The van der Waals surface area contributed by atoms with E-state index in [4.69, 9.17) is 4.74 Å². The average Bonchev–Trinajstić information content (AvgIpc) is 2.60. The number of nitrogens with zero attached hydrogens (tertiary/aromatic N) is 1. The van der Waals surface area contributed by atoms with Crippen molar-refractivity contribution in [3.63, 3.8) is 0 Å². The minimum atomic E-state index is -0.343. The highest BCUT2D eigenvalue weighted by atomic mass is 16.5. The van der Waals surface area contributed by atoms with Gasteiger partial charge >= 0.3 is 0 Å². The minimum absolute atomic E-state index is 0.155. The van der Waals surface area contributed by atoms with Crippen LogP contribution in [0.3, 0.4) is 0 Å². The van der Waals surface area contributed by atoms with Gasteiger partial charge in [0, 0.05) is 12.6 Å². The summed E-state index contributed by atoms with van der Waals surface area (Å²) in [7, 11) is 0. The van der Waals surface area contributed by atoms with Crippen molar-refractivity contribution in [1.29, 1.82) is 0 Å². The Kier molecular flexibility index (Phi) is 7.28. The zero-order valence-corrected chi connectivity index (χ0v) is 13.6. The van der Waals surface area contributed by atoms with E-state index < -0.39 is 0 Å². The first-order chi connectivity index (χ1) is 9.47. The molecule has 3 unspecified atom stereocenters. The van der Waals surface area contributed by atoms with E-state index in [0.29, 0.717) is 24.5 Å². The monoisotopic (exact) mass is 281 g/mol. The molecule has 1 amide bonds. The SMILES string of the molecule is C=CCCOC(C)C(=O)N1CCC(C)CCC1C(C)C. The van der Waals surface area contributed by atoms with Gasteiger partial charge in [0.2, 0.25) is 0 Å². The van der Waals surface area contributed by atoms with Crippen molar-refractivity contribution < 1.29 is 9.53 Å². The van der Waals surface area contributed by atoms with Crippen molar-refractivity contribution in [1.82, 2.24) is 4.90 Å². The highest BCUT2D eigenvalue weighted by Crippen LogP contribution is 2.26. The molecule has 0 N–H and O–H groups in total. The summed E-state index contributed by atoms with van der Waals surface area (Å²) in [6, 6.07) is 0.359. The molecule has 0 spiro atoms. The second kappa shape index (κ2) is 8.46. The molecule has 1 aliphatic rings. The maximum Gasteiger partial charge on any atom is 0.251 e. The van der Waals surface area contributed by atoms with Crippen LogP contribution in [0, 0.1) is 11.8 Å². The van der Waals surface area contributed by atoms with Gasteiger partial charge in [-0.3, -0.25) is 4.79 Å². The fourth-order valence-electron chi connectivity index (χ4n) is 2.88. The van der Waals surface area contributed by atoms with E-state index >= 15 is 0 Å². The molecule has 0 aromatic heterocycles. The molecule has 1 saturated heterocycles. The largest absolute Gasteiger partial charge is 0.368 e. The molecular weight excluding hydrogens is 250 g/mol. The lowest BCUT2D eigenvalue weighted by atomic mass is 9.95. The molecule has 116 valence electrons. The van der Waals surface area contributed by atoms with Crippen LogP contribution in [0.5, 0.6) is 0 Å². The van der Waals surface area contributed by atoms with Gasteiger partial charge < -0.3 is 9.64 Å². The summed E-state index contributed by atoms with van der Waals surface area (Å²) in [6.07, 6.45) is 5.71. The van der Waals surface area contributed by atoms with Gasteiger partial charge in [-0.1, -0.05) is 26.8 Å². The summed E-state index contributed by atoms with van der Waals surface area (Å²) in [5, 5.41) is 0. The number of amides is 1. The first-order valence-electron chi connectivity index (χ1n) is 8.00. The molecule has 0 radical (unpaired) electrons. The van der Waals surface area contributed by atoms with Crippen molar-refractivity contribution in [2.24, 2.45) is 11.8 Å². The molecule has 20 heavy (non-hydrogen) atoms. The molecule has 0 aromatic rings. The summed E-state index contributed by atoms with van der Waals surface area (Å²) < 4.78 is 5.63. The summed E-state index contributed by atoms with van der Waals surface area (Å²) in [6.45, 7) is 13.7. The van der Waals surface area contributed by atoms with E-state index in [1.165, 1.54) is 6.42 Å². The Labute approximate surface area is 124 Å². The van der Waals surface area contributed by atoms with Crippen molar-refractivity contribution in [3.05, 3.63) is 12.7 Å². The van der Waals surface area contributed by atoms with Crippen LogP contribution in [-0.2, 0) is 9.53 Å². The molecule has 1 rings (SSSR count). The van der Waals surface area contributed by atoms with Crippen LogP contribution in [0.25, 0.3) is 0 Å². The Morgan fingerprint density at radius 3 is 2.65 bits per heavy atom. The zero-order valence-electron chi connectivity index (χ0n) is 13.6. The smallest absolute Gasteiger partial charge is 0.251 e. The lowest BCUT2D eigenvalue weighted by Crippen LogP contribution is -2.47. The third-order valence-electron chi connectivity index (χ3n) is 4.31. The number of ether oxygens (including phenoxy) is 1. The standard InChI is InChI=1S/C17H31NO2/c1-6-7-12-20-15(5)17(19)18-11-10-14(4)8-9-16(18)13(2)3/h6,13-16H,1,7-12H2,2-5H3. The number of rotatable bonds is 6. The van der Waals surface area contributed by atoms with Gasteiger partial charge in [0.15, 0.2) is 0 Å². The summed E-state index contributed by atoms with van der Waals surface area (Å²) in [4.78, 5) is 14.7. The lowest BCUT2D eigenvalue weighted by molar-refractivity contribution is -0.146. The Hall–Kier alpha value is -0.830. The van der Waals surface area contributed by atoms with Crippen molar-refractivity contribution in [2.45, 2.75) is 65.5 Å². The Bertz CT molecular complexity index is 314. The van der Waals surface area contributed by atoms with E-state index in [1.807, 2.05) is 13.0 Å². The van der Waals surface area contributed by atoms with Gasteiger partial charge in [-0.25, -0.2) is 0 Å². The molecule has 1 heterocycles. The number of hydrogen-bond acceptors (Lipinski definition) is 2. The molecule has 0 bridgehead atoms. The second-order valence-electron chi connectivity index (χ2n) is 6.40. The van der Waals surface area contributed by atoms with Crippen LogP contribution >= 0.6 is 0 Å². The van der Waals surface area contributed by atoms with Crippen LogP contribution < -0.4 is 0 Å². The number of hydrogen-bond donors (Lipinski definition) is 0. The van der Waals surface area contributed by atoms with Crippen molar-refractivity contribution in [3.8, 4) is 0 Å². The van der Waals surface area contributed by atoms with E-state index in [-0.39, 0.29) is 12.0 Å². The number of carbonyl (C=O) groups is 1. The second-order valence-corrected chi connectivity index (χ2v) is 6.40. The van der Waals surface area contributed by atoms with Crippen molar-refractivity contribution in [2.75, 3.05) is 13.2 Å². The van der Waals surface area contributed by atoms with Gasteiger partial charge in [-0.2, -0.15) is 0 Å². The molecule has 0 aliphatic carbocycles. The van der Waals surface area contributed by atoms with E-state index in [0.717, 1.165) is 25.8 Å². The number of likely N-dealkylation sites (tertiary alicyclic amines) is 1. The maximum atomic E-state index is 12.6. The molecule has 1 fully saturated rings. The normalized spacial score (nSPS) is 25.4. The molecule has 3 nitrogen and oxygen atoms in total. The van der Waals surface area contributed by atoms with Crippen LogP contribution in [0.1, 0.15) is 53.4 Å². The van der Waals surface area contributed by atoms with E-state index in [9.17, 15) is 4.79 Å². The Morgan fingerprint density at radius 2 is 2.05 bits per heavy atom.